The van der Waals surface area contributed by atoms with Gasteiger partial charge in [-0.15, -0.1) is 0 Å². The molecule has 208 valence electrons. The smallest absolute Gasteiger partial charge is 0.405 e. The summed E-state index contributed by atoms with van der Waals surface area (Å²) in [7, 11) is 0. The minimum atomic E-state index is -0.708. The van der Waals surface area contributed by atoms with Crippen LogP contribution in [0.25, 0.3) is 6.20 Å². The minimum Gasteiger partial charge on any atom is -0.443 e. The third kappa shape index (κ3) is 5.39. The summed E-state index contributed by atoms with van der Waals surface area (Å²) in [5, 5.41) is 10.9. The van der Waals surface area contributed by atoms with E-state index in [1.54, 1.807) is 10.9 Å². The van der Waals surface area contributed by atoms with E-state index in [-0.39, 0.29) is 29.7 Å². The second-order valence-electron chi connectivity index (χ2n) is 11.9. The molecule has 4 saturated carbocycles. The van der Waals surface area contributed by atoms with E-state index in [0.29, 0.717) is 44.2 Å². The Kier molecular flexibility index (Phi) is 7.15. The standard InChI is InChI=1S/C27H40N6O5/c1-4-21(34)31-26(2,3)5-6-33-24(32-7-9-37-10-8-32)20(16-29-33)23(35)30-22-18-11-17-12-19(22)15-27(13-17,14-18)38-25(28)36/h5-6,16-19,22H,4,7-15H2,1-3H3,(H2,28,36)(H,30,35)(H,31,34)/b6-5+/t17?,18?,19?,22-,27-. The van der Waals surface area contributed by atoms with Gasteiger partial charge in [0.25, 0.3) is 5.91 Å². The van der Waals surface area contributed by atoms with Crippen molar-refractivity contribution in [3.63, 3.8) is 0 Å². The molecule has 5 fully saturated rings. The summed E-state index contributed by atoms with van der Waals surface area (Å²) in [5.74, 6) is 1.56. The average Bonchev–Trinajstić information content (AvgIpc) is 3.28. The second-order valence-corrected chi connectivity index (χ2v) is 11.9. The Morgan fingerprint density at radius 1 is 1.21 bits per heavy atom. The maximum absolute atomic E-state index is 13.7. The van der Waals surface area contributed by atoms with Gasteiger partial charge in [-0.05, 0) is 69.8 Å². The van der Waals surface area contributed by atoms with E-state index in [9.17, 15) is 14.4 Å². The molecule has 1 aliphatic heterocycles. The maximum Gasteiger partial charge on any atom is 0.405 e. The highest BCUT2D eigenvalue weighted by Crippen LogP contribution is 2.57. The monoisotopic (exact) mass is 528 g/mol. The molecule has 38 heavy (non-hydrogen) atoms. The molecule has 6 rings (SSSR count). The van der Waals surface area contributed by atoms with E-state index in [0.717, 1.165) is 37.9 Å². The number of nitrogens with one attached hydrogen (secondary N) is 2. The van der Waals surface area contributed by atoms with Crippen molar-refractivity contribution in [2.24, 2.45) is 23.5 Å². The van der Waals surface area contributed by atoms with Crippen molar-refractivity contribution in [1.82, 2.24) is 20.4 Å². The van der Waals surface area contributed by atoms with Crippen LogP contribution in [0.2, 0.25) is 0 Å². The molecule has 4 aliphatic carbocycles. The Balaban J connectivity index is 1.36. The molecule has 5 aliphatic rings. The van der Waals surface area contributed by atoms with Gasteiger partial charge in [0.15, 0.2) is 0 Å². The highest BCUT2D eigenvalue weighted by Gasteiger charge is 2.57. The first-order valence-corrected chi connectivity index (χ1v) is 13.8. The van der Waals surface area contributed by atoms with Gasteiger partial charge in [-0.25, -0.2) is 9.48 Å². The molecule has 2 unspecified atom stereocenters. The number of anilines is 1. The minimum absolute atomic E-state index is 0.0308. The van der Waals surface area contributed by atoms with Crippen molar-refractivity contribution in [2.45, 2.75) is 76.5 Å². The zero-order valence-electron chi connectivity index (χ0n) is 22.6. The van der Waals surface area contributed by atoms with Crippen molar-refractivity contribution in [3.8, 4) is 0 Å². The van der Waals surface area contributed by atoms with Crippen molar-refractivity contribution in [2.75, 3.05) is 31.2 Å². The van der Waals surface area contributed by atoms with E-state index in [2.05, 4.69) is 20.6 Å². The zero-order chi connectivity index (χ0) is 27.1. The van der Waals surface area contributed by atoms with Crippen molar-refractivity contribution < 1.29 is 23.9 Å². The van der Waals surface area contributed by atoms with Crippen LogP contribution in [0.3, 0.4) is 0 Å². The highest BCUT2D eigenvalue weighted by atomic mass is 16.6. The first-order valence-electron chi connectivity index (χ1n) is 13.8. The summed E-state index contributed by atoms with van der Waals surface area (Å²) in [5.41, 5.74) is 4.86. The first-order chi connectivity index (χ1) is 18.1. The molecule has 3 amide bonds. The fourth-order valence-electron chi connectivity index (χ4n) is 7.21. The lowest BCUT2D eigenvalue weighted by atomic mass is 9.52. The quantitative estimate of drug-likeness (QED) is 0.470. The Morgan fingerprint density at radius 3 is 2.53 bits per heavy atom. The van der Waals surface area contributed by atoms with Crippen molar-refractivity contribution >= 4 is 29.9 Å². The van der Waals surface area contributed by atoms with Gasteiger partial charge in [-0.1, -0.05) is 6.92 Å². The van der Waals surface area contributed by atoms with Crippen LogP contribution in [-0.4, -0.2) is 71.2 Å². The molecule has 4 N–H and O–H groups in total. The second kappa shape index (κ2) is 10.2. The number of ether oxygens (including phenoxy) is 2. The summed E-state index contributed by atoms with van der Waals surface area (Å²) >= 11 is 0. The molecular weight excluding hydrogens is 488 g/mol. The van der Waals surface area contributed by atoms with Crippen LogP contribution in [0.1, 0.15) is 69.7 Å². The molecule has 4 bridgehead atoms. The van der Waals surface area contributed by atoms with Crippen LogP contribution in [-0.2, 0) is 14.3 Å². The number of carbonyl (C=O) groups excluding carboxylic acids is 3. The zero-order valence-corrected chi connectivity index (χ0v) is 22.6. The number of nitrogens with two attached hydrogens (primary N) is 1. The van der Waals surface area contributed by atoms with Gasteiger partial charge in [-0.3, -0.25) is 9.59 Å². The summed E-state index contributed by atoms with van der Waals surface area (Å²) in [6.45, 7) is 8.11. The molecule has 2 heterocycles. The number of primary amides is 1. The van der Waals surface area contributed by atoms with Crippen LogP contribution < -0.4 is 21.3 Å². The van der Waals surface area contributed by atoms with Crippen molar-refractivity contribution in [1.29, 1.82) is 0 Å². The fourth-order valence-corrected chi connectivity index (χ4v) is 7.21. The number of hydrogen-bond donors (Lipinski definition) is 3. The molecule has 1 aromatic heterocycles. The van der Waals surface area contributed by atoms with E-state index < -0.39 is 17.2 Å². The molecule has 1 saturated heterocycles. The van der Waals surface area contributed by atoms with E-state index in [4.69, 9.17) is 15.2 Å². The predicted molar refractivity (Wildman–Crippen MR) is 141 cm³/mol. The van der Waals surface area contributed by atoms with Crippen LogP contribution in [0.4, 0.5) is 10.6 Å². The molecule has 1 aromatic rings. The van der Waals surface area contributed by atoms with Gasteiger partial charge >= 0.3 is 6.09 Å². The van der Waals surface area contributed by atoms with Gasteiger partial charge in [-0.2, -0.15) is 5.10 Å². The van der Waals surface area contributed by atoms with Gasteiger partial charge in [0.05, 0.1) is 24.9 Å². The largest absolute Gasteiger partial charge is 0.443 e. The third-order valence-corrected chi connectivity index (χ3v) is 8.57. The topological polar surface area (TPSA) is 141 Å². The summed E-state index contributed by atoms with van der Waals surface area (Å²) in [4.78, 5) is 39.4. The lowest BCUT2D eigenvalue weighted by Crippen LogP contribution is -2.63. The normalized spacial score (nSPS) is 30.4. The fraction of sp³-hybridized carbons (Fsp3) is 0.704. The Hall–Kier alpha value is -3.08. The number of amides is 3. The highest BCUT2D eigenvalue weighted by molar-refractivity contribution is 5.99. The number of morpholine rings is 1. The summed E-state index contributed by atoms with van der Waals surface area (Å²) < 4.78 is 12.9. The first kappa shape index (κ1) is 26.5. The SMILES string of the molecule is CCC(=O)NC(C)(C)/C=C/n1ncc(C(=O)N[C@H]2C3CC4CC2C[C@](OC(N)=O)(C4)C3)c1N1CCOCC1. The summed E-state index contributed by atoms with van der Waals surface area (Å²) in [6.07, 6.45) is 9.43. The van der Waals surface area contributed by atoms with Crippen LogP contribution >= 0.6 is 0 Å². The van der Waals surface area contributed by atoms with Crippen LogP contribution in [0.5, 0.6) is 0 Å². The van der Waals surface area contributed by atoms with Gasteiger partial charge in [0, 0.05) is 31.8 Å². The lowest BCUT2D eigenvalue weighted by Gasteiger charge is -2.58. The predicted octanol–water partition coefficient (Wildman–Crippen LogP) is 2.27. The number of carbonyl (C=O) groups is 3. The number of hydrogen-bond acceptors (Lipinski definition) is 7. The Bertz CT molecular complexity index is 1090. The molecule has 11 nitrogen and oxygen atoms in total. The number of rotatable bonds is 8. The number of aromatic nitrogens is 2. The van der Waals surface area contributed by atoms with Gasteiger partial charge < -0.3 is 30.7 Å². The molecule has 0 radical (unpaired) electrons. The molecule has 11 heteroatoms. The Morgan fingerprint density at radius 2 is 1.89 bits per heavy atom. The summed E-state index contributed by atoms with van der Waals surface area (Å²) in [6, 6.07) is 0.0308. The third-order valence-electron chi connectivity index (χ3n) is 8.57. The van der Waals surface area contributed by atoms with Crippen LogP contribution in [0, 0.1) is 17.8 Å². The Labute approximate surface area is 223 Å². The molecule has 0 aromatic carbocycles. The van der Waals surface area contributed by atoms with Gasteiger partial charge in [0.2, 0.25) is 5.91 Å². The van der Waals surface area contributed by atoms with Crippen molar-refractivity contribution in [3.05, 3.63) is 17.8 Å². The number of nitrogens with zero attached hydrogens (tertiary/aromatic N) is 3. The van der Waals surface area contributed by atoms with Crippen LogP contribution in [0.15, 0.2) is 12.3 Å². The van der Waals surface area contributed by atoms with E-state index in [1.807, 2.05) is 33.0 Å². The molecular formula is C27H40N6O5. The molecule has 0 spiro atoms. The maximum atomic E-state index is 13.7. The average molecular weight is 529 g/mol. The van der Waals surface area contributed by atoms with E-state index in [1.165, 1.54) is 0 Å². The molecule has 2 atom stereocenters. The lowest BCUT2D eigenvalue weighted by molar-refractivity contribution is -0.137. The van der Waals surface area contributed by atoms with E-state index >= 15 is 0 Å². The van der Waals surface area contributed by atoms with Gasteiger partial charge in [0.1, 0.15) is 17.0 Å².